The van der Waals surface area contributed by atoms with Gasteiger partial charge in [0.2, 0.25) is 0 Å². The fraction of sp³-hybridized carbons (Fsp3) is 0.267. The Morgan fingerprint density at radius 3 is 2.80 bits per heavy atom. The van der Waals surface area contributed by atoms with Crippen LogP contribution in [0.5, 0.6) is 5.75 Å². The molecule has 0 aliphatic rings. The molecule has 3 nitrogen and oxygen atoms in total. The lowest BCUT2D eigenvalue weighted by molar-refractivity contribution is 0.0784. The van der Waals surface area contributed by atoms with Crippen molar-refractivity contribution < 1.29 is 9.53 Å². The van der Waals surface area contributed by atoms with Gasteiger partial charge in [-0.05, 0) is 41.6 Å². The fourth-order valence-corrected chi connectivity index (χ4v) is 3.22. The number of hydrogen-bond acceptors (Lipinski definition) is 3. The zero-order valence-electron chi connectivity index (χ0n) is 11.4. The minimum Gasteiger partial charge on any atom is -0.494 e. The second kappa shape index (κ2) is 7.08. The van der Waals surface area contributed by atoms with Gasteiger partial charge in [-0.1, -0.05) is 18.2 Å². The van der Waals surface area contributed by atoms with Gasteiger partial charge in [-0.25, -0.2) is 0 Å². The first-order valence-electron chi connectivity index (χ1n) is 6.32. The molecule has 20 heavy (non-hydrogen) atoms. The second-order valence-electron chi connectivity index (χ2n) is 4.34. The van der Waals surface area contributed by atoms with Crippen molar-refractivity contribution in [3.8, 4) is 5.75 Å². The van der Waals surface area contributed by atoms with Crippen LogP contribution in [0.25, 0.3) is 0 Å². The standard InChI is InChI=1S/C15H16INO2S/c1-3-19-13-7-5-4-6-11(13)9-17(2)15(18)12-8-14(16)20-10-12/h4-8,10H,3,9H2,1-2H3. The summed E-state index contributed by atoms with van der Waals surface area (Å²) >= 11 is 3.81. The molecule has 1 amide bonds. The van der Waals surface area contributed by atoms with Crippen molar-refractivity contribution in [2.75, 3.05) is 13.7 Å². The van der Waals surface area contributed by atoms with Crippen LogP contribution in [0.2, 0.25) is 0 Å². The molecule has 106 valence electrons. The lowest BCUT2D eigenvalue weighted by atomic mass is 10.2. The van der Waals surface area contributed by atoms with Crippen LogP contribution in [0, 0.1) is 2.88 Å². The van der Waals surface area contributed by atoms with Gasteiger partial charge in [-0.3, -0.25) is 4.79 Å². The van der Waals surface area contributed by atoms with Gasteiger partial charge in [0.15, 0.2) is 0 Å². The molecule has 0 spiro atoms. The molecule has 0 aliphatic heterocycles. The SMILES string of the molecule is CCOc1ccccc1CN(C)C(=O)c1csc(I)c1. The summed E-state index contributed by atoms with van der Waals surface area (Å²) in [6, 6.07) is 9.75. The molecule has 0 saturated heterocycles. The van der Waals surface area contributed by atoms with Crippen molar-refractivity contribution in [3.63, 3.8) is 0 Å². The van der Waals surface area contributed by atoms with Crippen LogP contribution in [-0.2, 0) is 6.54 Å². The van der Waals surface area contributed by atoms with Gasteiger partial charge in [-0.15, -0.1) is 11.3 Å². The number of thiophene rings is 1. The summed E-state index contributed by atoms with van der Waals surface area (Å²) in [6.07, 6.45) is 0. The van der Waals surface area contributed by atoms with Gasteiger partial charge in [0.1, 0.15) is 5.75 Å². The molecule has 0 atom stereocenters. The summed E-state index contributed by atoms with van der Waals surface area (Å²) in [4.78, 5) is 14.0. The Morgan fingerprint density at radius 1 is 1.40 bits per heavy atom. The predicted molar refractivity (Wildman–Crippen MR) is 90.4 cm³/mol. The summed E-state index contributed by atoms with van der Waals surface area (Å²) in [7, 11) is 1.82. The molecule has 0 radical (unpaired) electrons. The Labute approximate surface area is 136 Å². The first-order valence-corrected chi connectivity index (χ1v) is 8.28. The van der Waals surface area contributed by atoms with Crippen LogP contribution >= 0.6 is 33.9 Å². The highest BCUT2D eigenvalue weighted by Gasteiger charge is 2.15. The van der Waals surface area contributed by atoms with E-state index in [1.807, 2.05) is 49.7 Å². The highest BCUT2D eigenvalue weighted by molar-refractivity contribution is 14.1. The average molecular weight is 401 g/mol. The van der Waals surface area contributed by atoms with E-state index in [-0.39, 0.29) is 5.91 Å². The Balaban J connectivity index is 2.11. The molecule has 0 aliphatic carbocycles. The smallest absolute Gasteiger partial charge is 0.254 e. The van der Waals surface area contributed by atoms with E-state index in [1.165, 1.54) is 0 Å². The van der Waals surface area contributed by atoms with E-state index in [1.54, 1.807) is 16.2 Å². The van der Waals surface area contributed by atoms with E-state index in [2.05, 4.69) is 22.6 Å². The zero-order chi connectivity index (χ0) is 14.5. The van der Waals surface area contributed by atoms with E-state index in [0.717, 1.165) is 19.8 Å². The van der Waals surface area contributed by atoms with Gasteiger partial charge < -0.3 is 9.64 Å². The maximum atomic E-state index is 12.3. The van der Waals surface area contributed by atoms with Crippen LogP contribution in [-0.4, -0.2) is 24.5 Å². The van der Waals surface area contributed by atoms with Crippen molar-refractivity contribution in [2.24, 2.45) is 0 Å². The molecule has 0 saturated carbocycles. The van der Waals surface area contributed by atoms with Gasteiger partial charge >= 0.3 is 0 Å². The Bertz CT molecular complexity index is 597. The monoisotopic (exact) mass is 401 g/mol. The van der Waals surface area contributed by atoms with E-state index in [0.29, 0.717) is 13.2 Å². The highest BCUT2D eigenvalue weighted by atomic mass is 127. The maximum Gasteiger partial charge on any atom is 0.254 e. The van der Waals surface area contributed by atoms with Crippen LogP contribution in [0.15, 0.2) is 35.7 Å². The van der Waals surface area contributed by atoms with E-state index in [4.69, 9.17) is 4.74 Å². The summed E-state index contributed by atoms with van der Waals surface area (Å²) in [5.41, 5.74) is 1.77. The number of ether oxygens (including phenoxy) is 1. The van der Waals surface area contributed by atoms with Crippen LogP contribution in [0.3, 0.4) is 0 Å². The quantitative estimate of drug-likeness (QED) is 0.709. The predicted octanol–water partition coefficient (Wildman–Crippen LogP) is 4.02. The third-order valence-electron chi connectivity index (χ3n) is 2.84. The van der Waals surface area contributed by atoms with E-state index < -0.39 is 0 Å². The number of hydrogen-bond donors (Lipinski definition) is 0. The third kappa shape index (κ3) is 3.73. The maximum absolute atomic E-state index is 12.3. The molecule has 1 aromatic carbocycles. The summed E-state index contributed by atoms with van der Waals surface area (Å²) < 4.78 is 6.71. The first-order chi connectivity index (χ1) is 9.61. The normalized spacial score (nSPS) is 10.3. The number of rotatable bonds is 5. The lowest BCUT2D eigenvalue weighted by Gasteiger charge is -2.18. The van der Waals surface area contributed by atoms with Crippen molar-refractivity contribution in [1.29, 1.82) is 0 Å². The van der Waals surface area contributed by atoms with Crippen molar-refractivity contribution in [1.82, 2.24) is 4.90 Å². The topological polar surface area (TPSA) is 29.5 Å². The summed E-state index contributed by atoms with van der Waals surface area (Å²) in [5, 5.41) is 1.90. The van der Waals surface area contributed by atoms with Gasteiger partial charge in [0.25, 0.3) is 5.91 Å². The largest absolute Gasteiger partial charge is 0.494 e. The lowest BCUT2D eigenvalue weighted by Crippen LogP contribution is -2.26. The van der Waals surface area contributed by atoms with E-state index in [9.17, 15) is 4.79 Å². The molecular formula is C15H16INO2S. The number of para-hydroxylation sites is 1. The first kappa shape index (κ1) is 15.3. The Kier molecular flexibility index (Phi) is 5.42. The van der Waals surface area contributed by atoms with Crippen molar-refractivity contribution in [2.45, 2.75) is 13.5 Å². The van der Waals surface area contributed by atoms with Gasteiger partial charge in [0, 0.05) is 24.5 Å². The number of halogens is 1. The Hall–Kier alpha value is -1.08. The van der Waals surface area contributed by atoms with Crippen molar-refractivity contribution >= 4 is 39.8 Å². The molecule has 0 unspecified atom stereocenters. The molecular weight excluding hydrogens is 385 g/mol. The summed E-state index contributed by atoms with van der Waals surface area (Å²) in [6.45, 7) is 3.12. The van der Waals surface area contributed by atoms with Gasteiger partial charge in [-0.2, -0.15) is 0 Å². The molecule has 0 fully saturated rings. The van der Waals surface area contributed by atoms with Crippen LogP contribution in [0.4, 0.5) is 0 Å². The molecule has 1 aromatic heterocycles. The Morgan fingerprint density at radius 2 is 2.15 bits per heavy atom. The minimum atomic E-state index is 0.0375. The van der Waals surface area contributed by atoms with Crippen molar-refractivity contribution in [3.05, 3.63) is 49.7 Å². The molecule has 2 aromatic rings. The molecule has 2 rings (SSSR count). The minimum absolute atomic E-state index is 0.0375. The van der Waals surface area contributed by atoms with Crippen LogP contribution in [0.1, 0.15) is 22.8 Å². The van der Waals surface area contributed by atoms with Gasteiger partial charge in [0.05, 0.1) is 15.1 Å². The zero-order valence-corrected chi connectivity index (χ0v) is 14.4. The number of carbonyl (C=O) groups is 1. The second-order valence-corrected chi connectivity index (χ2v) is 7.15. The number of nitrogens with zero attached hydrogens (tertiary/aromatic N) is 1. The molecule has 5 heteroatoms. The third-order valence-corrected chi connectivity index (χ3v) is 4.63. The molecule has 0 N–H and O–H groups in total. The summed E-state index contributed by atoms with van der Waals surface area (Å²) in [5.74, 6) is 0.880. The van der Waals surface area contributed by atoms with Crippen LogP contribution < -0.4 is 4.74 Å². The number of carbonyl (C=O) groups excluding carboxylic acids is 1. The fourth-order valence-electron chi connectivity index (χ4n) is 1.90. The molecule has 1 heterocycles. The molecule has 0 bridgehead atoms. The van der Waals surface area contributed by atoms with E-state index >= 15 is 0 Å². The highest BCUT2D eigenvalue weighted by Crippen LogP contribution is 2.22. The number of amides is 1. The average Bonchev–Trinajstić information content (AvgIpc) is 2.87. The number of benzene rings is 1.